The minimum absolute atomic E-state index is 0.265. The van der Waals surface area contributed by atoms with Crippen LogP contribution in [0, 0.1) is 11.8 Å². The van der Waals surface area contributed by atoms with Gasteiger partial charge >= 0.3 is 0 Å². The van der Waals surface area contributed by atoms with Gasteiger partial charge in [-0.3, -0.25) is 4.90 Å². The molecule has 1 saturated carbocycles. The predicted molar refractivity (Wildman–Crippen MR) is 72.1 cm³/mol. The van der Waals surface area contributed by atoms with E-state index in [4.69, 9.17) is 5.73 Å². The van der Waals surface area contributed by atoms with E-state index >= 15 is 0 Å². The second-order valence-electron chi connectivity index (χ2n) is 6.38. The van der Waals surface area contributed by atoms with Crippen molar-refractivity contribution in [3.05, 3.63) is 0 Å². The molecule has 3 fully saturated rings. The van der Waals surface area contributed by atoms with Gasteiger partial charge in [-0.05, 0) is 37.5 Å². The lowest BCUT2D eigenvalue weighted by molar-refractivity contribution is 0.229. The van der Waals surface area contributed by atoms with Gasteiger partial charge in [-0.1, -0.05) is 6.42 Å². The van der Waals surface area contributed by atoms with Crippen molar-refractivity contribution < 1.29 is 8.42 Å². The molecule has 4 atom stereocenters. The molecule has 0 radical (unpaired) electrons. The topological polar surface area (TPSA) is 63.4 Å². The van der Waals surface area contributed by atoms with Gasteiger partial charge in [0.1, 0.15) is 0 Å². The first-order valence-electron chi connectivity index (χ1n) is 7.25. The molecule has 0 aromatic carbocycles. The highest BCUT2D eigenvalue weighted by atomic mass is 32.2. The molecule has 104 valence electrons. The van der Waals surface area contributed by atoms with E-state index in [1.54, 1.807) is 0 Å². The number of nitrogens with two attached hydrogens (primary N) is 1. The fourth-order valence-electron chi connectivity index (χ4n) is 4.14. The van der Waals surface area contributed by atoms with E-state index in [1.165, 1.54) is 12.8 Å². The van der Waals surface area contributed by atoms with Crippen LogP contribution < -0.4 is 5.73 Å². The van der Waals surface area contributed by atoms with E-state index < -0.39 is 9.84 Å². The number of fused-ring (bicyclic) bond motifs is 1. The molecule has 0 spiro atoms. The summed E-state index contributed by atoms with van der Waals surface area (Å²) in [5.74, 6) is 2.10. The maximum Gasteiger partial charge on any atom is 0.151 e. The molecule has 3 rings (SSSR count). The van der Waals surface area contributed by atoms with Gasteiger partial charge in [0.25, 0.3) is 0 Å². The van der Waals surface area contributed by atoms with Gasteiger partial charge in [-0.15, -0.1) is 0 Å². The van der Waals surface area contributed by atoms with E-state index in [-0.39, 0.29) is 6.04 Å². The van der Waals surface area contributed by atoms with Crippen LogP contribution in [0.5, 0.6) is 0 Å². The molecular formula is C13H24N2O2S. The summed E-state index contributed by atoms with van der Waals surface area (Å²) in [6.07, 6.45) is 5.57. The largest absolute Gasteiger partial charge is 0.327 e. The summed E-state index contributed by atoms with van der Waals surface area (Å²) in [5, 5.41) is 0. The summed E-state index contributed by atoms with van der Waals surface area (Å²) in [6, 6.07) is 0.607. The number of hydrogen-bond acceptors (Lipinski definition) is 4. The van der Waals surface area contributed by atoms with Gasteiger partial charge in [0.15, 0.2) is 9.84 Å². The Bertz CT molecular complexity index is 409. The first kappa shape index (κ1) is 12.9. The first-order chi connectivity index (χ1) is 8.55. The molecule has 0 amide bonds. The van der Waals surface area contributed by atoms with Crippen LogP contribution in [-0.2, 0) is 9.84 Å². The highest BCUT2D eigenvalue weighted by Crippen LogP contribution is 2.37. The zero-order valence-corrected chi connectivity index (χ0v) is 11.7. The third kappa shape index (κ3) is 2.45. The van der Waals surface area contributed by atoms with Crippen LogP contribution in [0.2, 0.25) is 0 Å². The average molecular weight is 272 g/mol. The molecule has 5 heteroatoms. The second kappa shape index (κ2) is 4.76. The van der Waals surface area contributed by atoms with Crippen molar-refractivity contribution in [2.24, 2.45) is 17.6 Å². The molecule has 0 bridgehead atoms. The Morgan fingerprint density at radius 2 is 1.89 bits per heavy atom. The molecule has 3 aliphatic rings. The molecule has 18 heavy (non-hydrogen) atoms. The Kier molecular flexibility index (Phi) is 3.41. The molecule has 0 aromatic rings. The molecule has 1 aliphatic carbocycles. The van der Waals surface area contributed by atoms with Crippen LogP contribution in [0.3, 0.4) is 0 Å². The Hall–Kier alpha value is -0.130. The minimum Gasteiger partial charge on any atom is -0.327 e. The van der Waals surface area contributed by atoms with Gasteiger partial charge in [-0.2, -0.15) is 0 Å². The van der Waals surface area contributed by atoms with Crippen LogP contribution in [0.1, 0.15) is 32.1 Å². The lowest BCUT2D eigenvalue weighted by Gasteiger charge is -2.31. The zero-order chi connectivity index (χ0) is 12.8. The maximum absolute atomic E-state index is 11.7. The summed E-state index contributed by atoms with van der Waals surface area (Å²) < 4.78 is 23.5. The molecule has 2 heterocycles. The van der Waals surface area contributed by atoms with Crippen LogP contribution in [0.15, 0.2) is 0 Å². The van der Waals surface area contributed by atoms with Crippen molar-refractivity contribution in [3.63, 3.8) is 0 Å². The van der Waals surface area contributed by atoms with Crippen molar-refractivity contribution in [3.8, 4) is 0 Å². The highest BCUT2D eigenvalue weighted by Gasteiger charge is 2.42. The maximum atomic E-state index is 11.7. The standard InChI is InChI=1S/C13H24N2O2S/c14-13-5-1-3-10-7-15(8-12(10)13)11-4-2-6-18(16,17)9-11/h10-13H,1-9,14H2. The quantitative estimate of drug-likeness (QED) is 0.760. The SMILES string of the molecule is NC1CCCC2CN(C3CCCS(=O)(=O)C3)CC12. The van der Waals surface area contributed by atoms with Gasteiger partial charge in [-0.25, -0.2) is 8.42 Å². The molecule has 2 saturated heterocycles. The first-order valence-corrected chi connectivity index (χ1v) is 9.07. The predicted octanol–water partition coefficient (Wildman–Crippen LogP) is 0.623. The Labute approximate surface area is 110 Å². The van der Waals surface area contributed by atoms with E-state index in [1.807, 2.05) is 0 Å². The smallest absolute Gasteiger partial charge is 0.151 e. The fourth-order valence-corrected chi connectivity index (χ4v) is 5.87. The van der Waals surface area contributed by atoms with Crippen molar-refractivity contribution >= 4 is 9.84 Å². The van der Waals surface area contributed by atoms with Crippen molar-refractivity contribution in [2.45, 2.75) is 44.2 Å². The Morgan fingerprint density at radius 1 is 1.06 bits per heavy atom. The Balaban J connectivity index is 1.68. The number of likely N-dealkylation sites (tertiary alicyclic amines) is 1. The van der Waals surface area contributed by atoms with E-state index in [2.05, 4.69) is 4.90 Å². The number of hydrogen-bond donors (Lipinski definition) is 1. The number of nitrogens with zero attached hydrogens (tertiary/aromatic N) is 1. The Morgan fingerprint density at radius 3 is 2.61 bits per heavy atom. The fraction of sp³-hybridized carbons (Fsp3) is 1.00. The monoisotopic (exact) mass is 272 g/mol. The van der Waals surface area contributed by atoms with Crippen LogP contribution in [-0.4, -0.2) is 50.0 Å². The van der Waals surface area contributed by atoms with Crippen molar-refractivity contribution in [1.82, 2.24) is 4.90 Å². The molecule has 4 nitrogen and oxygen atoms in total. The van der Waals surface area contributed by atoms with Crippen LogP contribution >= 0.6 is 0 Å². The highest BCUT2D eigenvalue weighted by molar-refractivity contribution is 7.91. The molecule has 0 aromatic heterocycles. The van der Waals surface area contributed by atoms with Gasteiger partial charge in [0.2, 0.25) is 0 Å². The minimum atomic E-state index is -2.79. The zero-order valence-electron chi connectivity index (χ0n) is 10.9. The lowest BCUT2D eigenvalue weighted by Crippen LogP contribution is -2.43. The van der Waals surface area contributed by atoms with Crippen LogP contribution in [0.25, 0.3) is 0 Å². The average Bonchev–Trinajstić information content (AvgIpc) is 2.73. The summed E-state index contributed by atoms with van der Waals surface area (Å²) in [7, 11) is -2.79. The molecule has 2 N–H and O–H groups in total. The van der Waals surface area contributed by atoms with Crippen molar-refractivity contribution in [1.29, 1.82) is 0 Å². The number of rotatable bonds is 1. The van der Waals surface area contributed by atoms with Gasteiger partial charge < -0.3 is 5.73 Å². The normalized spacial score (nSPS) is 44.7. The third-order valence-electron chi connectivity index (χ3n) is 5.14. The van der Waals surface area contributed by atoms with E-state index in [9.17, 15) is 8.42 Å². The van der Waals surface area contributed by atoms with Gasteiger partial charge in [0.05, 0.1) is 11.5 Å². The summed E-state index contributed by atoms with van der Waals surface area (Å²) in [5.41, 5.74) is 6.22. The van der Waals surface area contributed by atoms with Crippen LogP contribution in [0.4, 0.5) is 0 Å². The molecule has 4 unspecified atom stereocenters. The lowest BCUT2D eigenvalue weighted by atomic mass is 9.78. The third-order valence-corrected chi connectivity index (χ3v) is 6.94. The van der Waals surface area contributed by atoms with E-state index in [0.29, 0.717) is 23.5 Å². The molecular weight excluding hydrogens is 248 g/mol. The summed E-state index contributed by atoms with van der Waals surface area (Å²) >= 11 is 0. The summed E-state index contributed by atoms with van der Waals surface area (Å²) in [4.78, 5) is 2.43. The van der Waals surface area contributed by atoms with E-state index in [0.717, 1.165) is 38.3 Å². The molecule has 2 aliphatic heterocycles. The number of sulfone groups is 1. The summed E-state index contributed by atoms with van der Waals surface area (Å²) in [6.45, 7) is 2.12. The van der Waals surface area contributed by atoms with Gasteiger partial charge in [0, 0.05) is 25.2 Å². The second-order valence-corrected chi connectivity index (χ2v) is 8.61. The van der Waals surface area contributed by atoms with Crippen molar-refractivity contribution in [2.75, 3.05) is 24.6 Å².